The molecule has 0 unspecified atom stereocenters. The molecule has 124 valence electrons. The van der Waals surface area contributed by atoms with E-state index in [1.54, 1.807) is 31.4 Å². The molecule has 2 aromatic rings. The molecule has 7 heteroatoms. The van der Waals surface area contributed by atoms with Crippen LogP contribution in [0.3, 0.4) is 0 Å². The Labute approximate surface area is 145 Å². The van der Waals surface area contributed by atoms with Gasteiger partial charge in [0.25, 0.3) is 0 Å². The lowest BCUT2D eigenvalue weighted by atomic mass is 10.1. The Bertz CT molecular complexity index is 904. The smallest absolute Gasteiger partial charge is 0.184 e. The molecule has 0 heterocycles. The number of hydrogen-bond donors (Lipinski definition) is 1. The summed E-state index contributed by atoms with van der Waals surface area (Å²) in [5, 5.41) is 8.88. The molecule has 3 atom stereocenters. The Hall–Kier alpha value is -2.07. The fourth-order valence-corrected chi connectivity index (χ4v) is 5.29. The van der Waals surface area contributed by atoms with E-state index < -0.39 is 26.5 Å². The summed E-state index contributed by atoms with van der Waals surface area (Å²) < 4.78 is 30.9. The number of nitrogens with zero attached hydrogens (tertiary/aromatic N) is 1. The van der Waals surface area contributed by atoms with Crippen LogP contribution in [-0.2, 0) is 9.84 Å². The molecular weight excluding hydrogens is 348 g/mol. The Balaban J connectivity index is 2.00. The second-order valence-corrected chi connectivity index (χ2v) is 8.22. The van der Waals surface area contributed by atoms with Crippen molar-refractivity contribution in [3.05, 3.63) is 59.1 Å². The number of ether oxygens (including phenoxy) is 1. The van der Waals surface area contributed by atoms with Crippen molar-refractivity contribution in [2.75, 3.05) is 7.11 Å². The van der Waals surface area contributed by atoms with Crippen LogP contribution in [0.25, 0.3) is 0 Å². The van der Waals surface area contributed by atoms with E-state index >= 15 is 0 Å². The predicted octanol–water partition coefficient (Wildman–Crippen LogP) is 2.51. The Morgan fingerprint density at radius 2 is 1.75 bits per heavy atom. The topological polar surface area (TPSA) is 93.2 Å². The molecular formula is C17H15ClN2O3S. The van der Waals surface area contributed by atoms with Crippen LogP contribution in [0.4, 0.5) is 0 Å². The Kier molecular flexibility index (Phi) is 4.04. The average molecular weight is 363 g/mol. The summed E-state index contributed by atoms with van der Waals surface area (Å²) in [7, 11) is -2.21. The van der Waals surface area contributed by atoms with Gasteiger partial charge in [0.2, 0.25) is 0 Å². The van der Waals surface area contributed by atoms with E-state index in [1.807, 2.05) is 6.07 Å². The minimum absolute atomic E-state index is 0.109. The van der Waals surface area contributed by atoms with Crippen LogP contribution < -0.4 is 10.5 Å². The van der Waals surface area contributed by atoms with E-state index in [0.717, 1.165) is 0 Å². The standard InChI is InChI=1S/C17H15ClN2O3S/c1-23-13-6-2-11(3-7-13)15-16(17(15,20)10-19)24(21,22)14-8-4-12(18)5-9-14/h2-9,15-16H,20H2,1H3/t15-,16+,17+/m0/s1. The summed E-state index contributed by atoms with van der Waals surface area (Å²) in [6, 6.07) is 14.7. The number of sulfone groups is 1. The van der Waals surface area contributed by atoms with Gasteiger partial charge in [0, 0.05) is 10.9 Å². The van der Waals surface area contributed by atoms with Gasteiger partial charge in [-0.1, -0.05) is 23.7 Å². The van der Waals surface area contributed by atoms with Gasteiger partial charge >= 0.3 is 0 Å². The van der Waals surface area contributed by atoms with Crippen molar-refractivity contribution >= 4 is 21.4 Å². The van der Waals surface area contributed by atoms with Crippen LogP contribution in [0.1, 0.15) is 11.5 Å². The number of hydrogen-bond acceptors (Lipinski definition) is 5. The zero-order valence-corrected chi connectivity index (χ0v) is 14.4. The van der Waals surface area contributed by atoms with E-state index in [0.29, 0.717) is 16.3 Å². The lowest BCUT2D eigenvalue weighted by Gasteiger charge is -2.05. The number of rotatable bonds is 4. The molecule has 1 aliphatic rings. The first kappa shape index (κ1) is 16.8. The number of nitriles is 1. The Morgan fingerprint density at radius 1 is 1.17 bits per heavy atom. The minimum Gasteiger partial charge on any atom is -0.497 e. The summed E-state index contributed by atoms with van der Waals surface area (Å²) in [5.41, 5.74) is 5.34. The SMILES string of the molecule is COc1ccc([C@H]2[C@@H](S(=O)(=O)c3ccc(Cl)cc3)[C@@]2(N)C#N)cc1. The molecule has 0 bridgehead atoms. The summed E-state index contributed by atoms with van der Waals surface area (Å²) in [6.45, 7) is 0. The first-order valence-electron chi connectivity index (χ1n) is 7.18. The number of methoxy groups -OCH3 is 1. The van der Waals surface area contributed by atoms with Gasteiger partial charge in [0.05, 0.1) is 18.1 Å². The van der Waals surface area contributed by atoms with Gasteiger partial charge in [0.15, 0.2) is 9.84 Å². The zero-order valence-electron chi connectivity index (χ0n) is 12.8. The molecule has 1 saturated carbocycles. The van der Waals surface area contributed by atoms with Crippen molar-refractivity contribution in [3.63, 3.8) is 0 Å². The van der Waals surface area contributed by atoms with Gasteiger partial charge in [0.1, 0.15) is 16.5 Å². The molecule has 1 fully saturated rings. The second-order valence-electron chi connectivity index (χ2n) is 5.72. The highest BCUT2D eigenvalue weighted by Crippen LogP contribution is 2.55. The van der Waals surface area contributed by atoms with Gasteiger partial charge in [-0.25, -0.2) is 8.42 Å². The summed E-state index contributed by atoms with van der Waals surface area (Å²) in [6.07, 6.45) is 0. The van der Waals surface area contributed by atoms with Crippen LogP contribution in [0.15, 0.2) is 53.4 Å². The van der Waals surface area contributed by atoms with Crippen molar-refractivity contribution in [1.29, 1.82) is 5.26 Å². The van der Waals surface area contributed by atoms with Crippen LogP contribution >= 0.6 is 11.6 Å². The lowest BCUT2D eigenvalue weighted by molar-refractivity contribution is 0.414. The maximum absolute atomic E-state index is 12.9. The molecule has 0 aliphatic heterocycles. The summed E-state index contributed by atoms with van der Waals surface area (Å²) >= 11 is 5.81. The predicted molar refractivity (Wildman–Crippen MR) is 90.7 cm³/mol. The largest absolute Gasteiger partial charge is 0.497 e. The van der Waals surface area contributed by atoms with E-state index in [1.165, 1.54) is 24.3 Å². The number of halogens is 1. The summed E-state index contributed by atoms with van der Waals surface area (Å²) in [5.74, 6) is 0.0603. The molecule has 1 aliphatic carbocycles. The molecule has 0 saturated heterocycles. The Morgan fingerprint density at radius 3 is 2.25 bits per heavy atom. The fourth-order valence-electron chi connectivity index (χ4n) is 2.98. The van der Waals surface area contributed by atoms with Gasteiger partial charge in [-0.2, -0.15) is 5.26 Å². The van der Waals surface area contributed by atoms with Gasteiger partial charge in [-0.05, 0) is 42.0 Å². The molecule has 0 spiro atoms. The highest BCUT2D eigenvalue weighted by atomic mass is 35.5. The maximum atomic E-state index is 12.9. The molecule has 0 amide bonds. The van der Waals surface area contributed by atoms with E-state index in [-0.39, 0.29) is 4.90 Å². The monoisotopic (exact) mass is 362 g/mol. The molecule has 24 heavy (non-hydrogen) atoms. The molecule has 0 aromatic heterocycles. The van der Waals surface area contributed by atoms with Crippen LogP contribution in [0.2, 0.25) is 5.02 Å². The fraction of sp³-hybridized carbons (Fsp3) is 0.235. The van der Waals surface area contributed by atoms with Crippen molar-refractivity contribution < 1.29 is 13.2 Å². The quantitative estimate of drug-likeness (QED) is 0.901. The molecule has 5 nitrogen and oxygen atoms in total. The van der Waals surface area contributed by atoms with E-state index in [9.17, 15) is 13.7 Å². The third kappa shape index (κ3) is 2.55. The van der Waals surface area contributed by atoms with E-state index in [2.05, 4.69) is 0 Å². The van der Waals surface area contributed by atoms with Crippen LogP contribution in [-0.4, -0.2) is 26.3 Å². The first-order chi connectivity index (χ1) is 11.3. The molecule has 2 N–H and O–H groups in total. The van der Waals surface area contributed by atoms with Crippen molar-refractivity contribution in [3.8, 4) is 11.8 Å². The lowest BCUT2D eigenvalue weighted by Crippen LogP contribution is -2.29. The van der Waals surface area contributed by atoms with Gasteiger partial charge < -0.3 is 10.5 Å². The van der Waals surface area contributed by atoms with Crippen molar-refractivity contribution in [2.45, 2.75) is 21.6 Å². The minimum atomic E-state index is -3.75. The maximum Gasteiger partial charge on any atom is 0.184 e. The highest BCUT2D eigenvalue weighted by molar-refractivity contribution is 7.92. The first-order valence-corrected chi connectivity index (χ1v) is 9.10. The number of nitrogens with two attached hydrogens (primary N) is 1. The average Bonchev–Trinajstić information content (AvgIpc) is 3.23. The third-order valence-corrected chi connectivity index (χ3v) is 6.84. The molecule has 2 aromatic carbocycles. The second kappa shape index (κ2) is 5.78. The summed E-state index contributed by atoms with van der Waals surface area (Å²) in [4.78, 5) is 0.109. The van der Waals surface area contributed by atoms with Crippen LogP contribution in [0, 0.1) is 11.3 Å². The van der Waals surface area contributed by atoms with Crippen molar-refractivity contribution in [1.82, 2.24) is 0 Å². The highest BCUT2D eigenvalue weighted by Gasteiger charge is 2.70. The normalized spacial score (nSPS) is 25.8. The third-order valence-electron chi connectivity index (χ3n) is 4.32. The van der Waals surface area contributed by atoms with Gasteiger partial charge in [-0.3, -0.25) is 0 Å². The molecule has 3 rings (SSSR count). The molecule has 0 radical (unpaired) electrons. The number of benzene rings is 2. The van der Waals surface area contributed by atoms with Gasteiger partial charge in [-0.15, -0.1) is 0 Å². The van der Waals surface area contributed by atoms with Crippen molar-refractivity contribution in [2.24, 2.45) is 5.73 Å². The van der Waals surface area contributed by atoms with Crippen LogP contribution in [0.5, 0.6) is 5.75 Å². The zero-order chi connectivity index (χ0) is 17.5. The van der Waals surface area contributed by atoms with E-state index in [4.69, 9.17) is 22.1 Å².